The fraction of sp³-hybridized carbons (Fsp3) is 0.529. The molecule has 0 aliphatic heterocycles. The van der Waals surface area contributed by atoms with E-state index in [0.29, 0.717) is 27.5 Å². The Labute approximate surface area is 144 Å². The lowest BCUT2D eigenvalue weighted by Gasteiger charge is -2.29. The Balaban J connectivity index is 1.96. The third kappa shape index (κ3) is 4.70. The average molecular weight is 384 g/mol. The van der Waals surface area contributed by atoms with Crippen molar-refractivity contribution in [2.45, 2.75) is 38.6 Å². The standard InChI is InChI=1S/C17H22BrNO4/c1-11-5-3-4-6-14(11)19-17(21)10-23-16-7-12(9-20)13(18)8-15(16)22-2/h7-9,11,14H,3-6,10H2,1-2H3,(H,19,21)/t11-,14-/m0/s1. The van der Waals surface area contributed by atoms with E-state index in [0.717, 1.165) is 25.5 Å². The molecule has 0 bridgehead atoms. The van der Waals surface area contributed by atoms with E-state index in [1.165, 1.54) is 13.5 Å². The van der Waals surface area contributed by atoms with E-state index in [1.807, 2.05) is 0 Å². The Morgan fingerprint density at radius 3 is 2.74 bits per heavy atom. The van der Waals surface area contributed by atoms with Crippen LogP contribution in [0.5, 0.6) is 11.5 Å². The number of hydrogen-bond acceptors (Lipinski definition) is 4. The number of rotatable bonds is 6. The Hall–Kier alpha value is -1.56. The third-order valence-corrected chi connectivity index (χ3v) is 4.91. The molecule has 1 aliphatic carbocycles. The summed E-state index contributed by atoms with van der Waals surface area (Å²) in [4.78, 5) is 23.1. The van der Waals surface area contributed by atoms with Gasteiger partial charge in [0.2, 0.25) is 0 Å². The van der Waals surface area contributed by atoms with Crippen molar-refractivity contribution < 1.29 is 19.1 Å². The van der Waals surface area contributed by atoms with Crippen molar-refractivity contribution >= 4 is 28.1 Å². The summed E-state index contributed by atoms with van der Waals surface area (Å²) in [7, 11) is 1.51. The summed E-state index contributed by atoms with van der Waals surface area (Å²) < 4.78 is 11.4. The first-order valence-corrected chi connectivity index (χ1v) is 8.59. The largest absolute Gasteiger partial charge is 0.493 e. The molecule has 6 heteroatoms. The zero-order chi connectivity index (χ0) is 16.8. The van der Waals surface area contributed by atoms with Gasteiger partial charge in [0.15, 0.2) is 24.4 Å². The van der Waals surface area contributed by atoms with Gasteiger partial charge in [-0.05, 0) is 46.8 Å². The van der Waals surface area contributed by atoms with Crippen LogP contribution in [-0.4, -0.2) is 32.0 Å². The zero-order valence-electron chi connectivity index (χ0n) is 13.4. The summed E-state index contributed by atoms with van der Waals surface area (Å²) in [6, 6.07) is 3.43. The molecular weight excluding hydrogens is 362 g/mol. The number of carbonyl (C=O) groups excluding carboxylic acids is 2. The Morgan fingerprint density at radius 1 is 1.35 bits per heavy atom. The Kier molecular flexibility index (Phi) is 6.45. The van der Waals surface area contributed by atoms with Crippen LogP contribution in [-0.2, 0) is 4.79 Å². The van der Waals surface area contributed by atoms with E-state index in [2.05, 4.69) is 28.2 Å². The molecule has 1 fully saturated rings. The highest BCUT2D eigenvalue weighted by Crippen LogP contribution is 2.32. The van der Waals surface area contributed by atoms with E-state index in [-0.39, 0.29) is 18.6 Å². The molecule has 1 amide bonds. The molecule has 23 heavy (non-hydrogen) atoms. The van der Waals surface area contributed by atoms with Crippen LogP contribution in [0.3, 0.4) is 0 Å². The molecule has 1 aliphatic rings. The van der Waals surface area contributed by atoms with Gasteiger partial charge in [-0.2, -0.15) is 0 Å². The molecule has 126 valence electrons. The molecule has 2 rings (SSSR count). The monoisotopic (exact) mass is 383 g/mol. The van der Waals surface area contributed by atoms with Crippen LogP contribution >= 0.6 is 15.9 Å². The first-order valence-electron chi connectivity index (χ1n) is 7.80. The van der Waals surface area contributed by atoms with Crippen LogP contribution in [0.2, 0.25) is 0 Å². The fourth-order valence-corrected chi connectivity index (χ4v) is 3.25. The van der Waals surface area contributed by atoms with Gasteiger partial charge in [0, 0.05) is 16.1 Å². The molecule has 0 aromatic heterocycles. The zero-order valence-corrected chi connectivity index (χ0v) is 15.0. The molecule has 1 N–H and O–H groups in total. The lowest BCUT2D eigenvalue weighted by Crippen LogP contribution is -2.43. The van der Waals surface area contributed by atoms with Crippen molar-refractivity contribution in [1.29, 1.82) is 0 Å². The van der Waals surface area contributed by atoms with Gasteiger partial charge in [0.1, 0.15) is 0 Å². The van der Waals surface area contributed by atoms with Gasteiger partial charge in [-0.25, -0.2) is 0 Å². The maximum absolute atomic E-state index is 12.1. The minimum absolute atomic E-state index is 0.0977. The molecule has 0 saturated heterocycles. The number of amides is 1. The average Bonchev–Trinajstić information content (AvgIpc) is 2.55. The number of benzene rings is 1. The van der Waals surface area contributed by atoms with Crippen molar-refractivity contribution in [3.8, 4) is 11.5 Å². The topological polar surface area (TPSA) is 64.6 Å². The third-order valence-electron chi connectivity index (χ3n) is 4.23. The summed E-state index contributed by atoms with van der Waals surface area (Å²) in [5, 5.41) is 3.03. The number of halogens is 1. The van der Waals surface area contributed by atoms with Crippen molar-refractivity contribution in [2.24, 2.45) is 5.92 Å². The lowest BCUT2D eigenvalue weighted by atomic mass is 9.86. The van der Waals surface area contributed by atoms with E-state index in [4.69, 9.17) is 9.47 Å². The van der Waals surface area contributed by atoms with Crippen LogP contribution in [0.15, 0.2) is 16.6 Å². The molecule has 1 aromatic rings. The predicted molar refractivity (Wildman–Crippen MR) is 91.1 cm³/mol. The number of hydrogen-bond donors (Lipinski definition) is 1. The van der Waals surface area contributed by atoms with Gasteiger partial charge in [0.25, 0.3) is 5.91 Å². The molecule has 1 saturated carbocycles. The van der Waals surface area contributed by atoms with Crippen LogP contribution in [0.1, 0.15) is 43.0 Å². The molecule has 0 spiro atoms. The van der Waals surface area contributed by atoms with Crippen molar-refractivity contribution in [3.63, 3.8) is 0 Å². The quantitative estimate of drug-likeness (QED) is 0.765. The SMILES string of the molecule is COc1cc(Br)c(C=O)cc1OCC(=O)N[C@H]1CCCC[C@@H]1C. The van der Waals surface area contributed by atoms with Gasteiger partial charge in [-0.1, -0.05) is 19.8 Å². The van der Waals surface area contributed by atoms with Gasteiger partial charge in [-0.15, -0.1) is 0 Å². The minimum atomic E-state index is -0.152. The highest BCUT2D eigenvalue weighted by atomic mass is 79.9. The van der Waals surface area contributed by atoms with Crippen molar-refractivity contribution in [3.05, 3.63) is 22.2 Å². The van der Waals surface area contributed by atoms with Crippen LogP contribution in [0, 0.1) is 5.92 Å². The van der Waals surface area contributed by atoms with Crippen LogP contribution in [0.4, 0.5) is 0 Å². The number of carbonyl (C=O) groups is 2. The second kappa shape index (κ2) is 8.34. The molecule has 5 nitrogen and oxygen atoms in total. The van der Waals surface area contributed by atoms with Gasteiger partial charge in [0.05, 0.1) is 7.11 Å². The number of nitrogens with one attached hydrogen (secondary N) is 1. The number of aldehydes is 1. The second-order valence-electron chi connectivity index (χ2n) is 5.87. The predicted octanol–water partition coefficient (Wildman–Crippen LogP) is 3.34. The maximum Gasteiger partial charge on any atom is 0.258 e. The highest BCUT2D eigenvalue weighted by Gasteiger charge is 2.23. The van der Waals surface area contributed by atoms with Crippen molar-refractivity contribution in [2.75, 3.05) is 13.7 Å². The molecule has 2 atom stereocenters. The Morgan fingerprint density at radius 2 is 2.09 bits per heavy atom. The van der Waals surface area contributed by atoms with E-state index < -0.39 is 0 Å². The van der Waals surface area contributed by atoms with Gasteiger partial charge >= 0.3 is 0 Å². The highest BCUT2D eigenvalue weighted by molar-refractivity contribution is 9.10. The molecule has 1 aromatic carbocycles. The van der Waals surface area contributed by atoms with E-state index in [1.54, 1.807) is 12.1 Å². The second-order valence-corrected chi connectivity index (χ2v) is 6.72. The number of methoxy groups -OCH3 is 1. The molecule has 0 heterocycles. The minimum Gasteiger partial charge on any atom is -0.493 e. The van der Waals surface area contributed by atoms with Crippen LogP contribution < -0.4 is 14.8 Å². The first-order chi connectivity index (χ1) is 11.0. The van der Waals surface area contributed by atoms with Crippen LogP contribution in [0.25, 0.3) is 0 Å². The number of ether oxygens (including phenoxy) is 2. The summed E-state index contributed by atoms with van der Waals surface area (Å²) in [6.45, 7) is 2.07. The smallest absolute Gasteiger partial charge is 0.258 e. The van der Waals surface area contributed by atoms with Gasteiger partial charge in [-0.3, -0.25) is 9.59 Å². The first kappa shape index (κ1) is 17.8. The summed E-state index contributed by atoms with van der Waals surface area (Å²) in [6.07, 6.45) is 5.27. The van der Waals surface area contributed by atoms with Crippen molar-refractivity contribution in [1.82, 2.24) is 5.32 Å². The fourth-order valence-electron chi connectivity index (χ4n) is 2.84. The Bertz CT molecular complexity index is 576. The molecule has 0 radical (unpaired) electrons. The summed E-state index contributed by atoms with van der Waals surface area (Å²) >= 11 is 3.29. The van der Waals surface area contributed by atoms with E-state index in [9.17, 15) is 9.59 Å². The lowest BCUT2D eigenvalue weighted by molar-refractivity contribution is -0.124. The summed E-state index contributed by atoms with van der Waals surface area (Å²) in [5.41, 5.74) is 0.446. The molecular formula is C17H22BrNO4. The maximum atomic E-state index is 12.1. The van der Waals surface area contributed by atoms with Gasteiger partial charge < -0.3 is 14.8 Å². The molecule has 0 unspecified atom stereocenters. The normalized spacial score (nSPS) is 20.7. The van der Waals surface area contributed by atoms with E-state index >= 15 is 0 Å². The summed E-state index contributed by atoms with van der Waals surface area (Å²) in [5.74, 6) is 1.20.